The lowest BCUT2D eigenvalue weighted by Crippen LogP contribution is -2.58. The highest BCUT2D eigenvalue weighted by molar-refractivity contribution is 7.77. The number of thiol groups is 1. The number of hydrogen-bond donors (Lipinski definition) is 2. The van der Waals surface area contributed by atoms with Gasteiger partial charge in [0.2, 0.25) is 0 Å². The van der Waals surface area contributed by atoms with Gasteiger partial charge >= 0.3 is 0 Å². The van der Waals surface area contributed by atoms with Crippen molar-refractivity contribution in [1.82, 2.24) is 14.6 Å². The number of carbonyl (C=O) groups excluding carboxylic acids is 2. The van der Waals surface area contributed by atoms with E-state index in [0.29, 0.717) is 18.8 Å². The van der Waals surface area contributed by atoms with Gasteiger partial charge < -0.3 is 5.32 Å². The van der Waals surface area contributed by atoms with Gasteiger partial charge in [0.25, 0.3) is 5.91 Å². The SMILES string of the molecule is CC1(C)CN(S)CC(NC(=O)c2ccccn2)C1=O. The van der Waals surface area contributed by atoms with Crippen LogP contribution in [0.5, 0.6) is 0 Å². The first-order valence-corrected chi connectivity index (χ1v) is 6.50. The molecule has 2 rings (SSSR count). The minimum atomic E-state index is -0.546. The minimum absolute atomic E-state index is 0.0297. The average molecular weight is 279 g/mol. The summed E-state index contributed by atoms with van der Waals surface area (Å²) in [5.41, 5.74) is -0.202. The third kappa shape index (κ3) is 3.13. The summed E-state index contributed by atoms with van der Waals surface area (Å²) < 4.78 is 1.75. The quantitative estimate of drug-likeness (QED) is 0.791. The van der Waals surface area contributed by atoms with E-state index >= 15 is 0 Å². The van der Waals surface area contributed by atoms with Crippen molar-refractivity contribution in [3.05, 3.63) is 30.1 Å². The Balaban J connectivity index is 2.10. The van der Waals surface area contributed by atoms with E-state index in [2.05, 4.69) is 23.1 Å². The van der Waals surface area contributed by atoms with Crippen LogP contribution in [0.25, 0.3) is 0 Å². The molecule has 1 N–H and O–H groups in total. The number of nitrogens with one attached hydrogen (secondary N) is 1. The molecule has 0 radical (unpaired) electrons. The highest BCUT2D eigenvalue weighted by Crippen LogP contribution is 2.26. The van der Waals surface area contributed by atoms with Crippen LogP contribution in [0.4, 0.5) is 0 Å². The zero-order valence-corrected chi connectivity index (χ0v) is 11.9. The van der Waals surface area contributed by atoms with Gasteiger partial charge in [-0.3, -0.25) is 14.6 Å². The van der Waals surface area contributed by atoms with E-state index in [1.165, 1.54) is 0 Å². The van der Waals surface area contributed by atoms with Crippen molar-refractivity contribution in [2.75, 3.05) is 13.1 Å². The van der Waals surface area contributed by atoms with Gasteiger partial charge in [-0.15, -0.1) is 0 Å². The van der Waals surface area contributed by atoms with Crippen LogP contribution in [0.1, 0.15) is 24.3 Å². The van der Waals surface area contributed by atoms with Crippen LogP contribution < -0.4 is 5.32 Å². The summed E-state index contributed by atoms with van der Waals surface area (Å²) in [6, 6.07) is 4.54. The molecule has 1 unspecified atom stereocenters. The molecule has 1 aliphatic rings. The molecule has 0 aliphatic carbocycles. The molecule has 1 fully saturated rings. The van der Waals surface area contributed by atoms with Crippen LogP contribution in [-0.2, 0) is 4.79 Å². The zero-order valence-electron chi connectivity index (χ0n) is 11.0. The van der Waals surface area contributed by atoms with E-state index in [1.54, 1.807) is 28.7 Å². The van der Waals surface area contributed by atoms with Gasteiger partial charge in [0.15, 0.2) is 5.78 Å². The van der Waals surface area contributed by atoms with Crippen molar-refractivity contribution in [3.63, 3.8) is 0 Å². The molecule has 1 aromatic rings. The van der Waals surface area contributed by atoms with Crippen LogP contribution >= 0.6 is 12.8 Å². The summed E-state index contributed by atoms with van der Waals surface area (Å²) in [6.07, 6.45) is 1.55. The number of pyridine rings is 1. The molecule has 1 aliphatic heterocycles. The highest BCUT2D eigenvalue weighted by atomic mass is 32.1. The largest absolute Gasteiger partial charge is 0.340 e. The number of carbonyl (C=O) groups is 2. The summed E-state index contributed by atoms with van der Waals surface area (Å²) in [5, 5.41) is 2.73. The van der Waals surface area contributed by atoms with Gasteiger partial charge in [-0.1, -0.05) is 32.7 Å². The van der Waals surface area contributed by atoms with Crippen LogP contribution in [-0.4, -0.2) is 40.1 Å². The number of aromatic nitrogens is 1. The van der Waals surface area contributed by atoms with Crippen molar-refractivity contribution >= 4 is 24.5 Å². The lowest BCUT2D eigenvalue weighted by atomic mass is 9.81. The molecular weight excluding hydrogens is 262 g/mol. The molecule has 6 heteroatoms. The van der Waals surface area contributed by atoms with Crippen molar-refractivity contribution in [1.29, 1.82) is 0 Å². The van der Waals surface area contributed by atoms with Gasteiger partial charge in [-0.25, -0.2) is 4.31 Å². The fourth-order valence-electron chi connectivity index (χ4n) is 2.20. The third-order valence-electron chi connectivity index (χ3n) is 3.16. The van der Waals surface area contributed by atoms with Crippen molar-refractivity contribution in [2.45, 2.75) is 19.9 Å². The van der Waals surface area contributed by atoms with Crippen molar-refractivity contribution in [3.8, 4) is 0 Å². The molecule has 1 saturated heterocycles. The second-order valence-electron chi connectivity index (χ2n) is 5.34. The van der Waals surface area contributed by atoms with Gasteiger partial charge in [-0.05, 0) is 12.1 Å². The number of rotatable bonds is 2. The van der Waals surface area contributed by atoms with E-state index < -0.39 is 11.5 Å². The van der Waals surface area contributed by atoms with Crippen LogP contribution in [0.15, 0.2) is 24.4 Å². The molecule has 0 bridgehead atoms. The molecule has 1 aromatic heterocycles. The van der Waals surface area contributed by atoms with Crippen LogP contribution in [0.3, 0.4) is 0 Å². The zero-order chi connectivity index (χ0) is 14.0. The number of Topliss-reactive ketones (excluding diaryl/α,β-unsaturated/α-hetero) is 1. The first-order chi connectivity index (χ1) is 8.90. The standard InChI is InChI=1S/C13H17N3O2S/c1-13(2)8-16(19)7-10(11(13)17)15-12(18)9-5-3-4-6-14-9/h3-6,10,19H,7-8H2,1-2H3,(H,15,18). The Bertz CT molecular complexity index is 490. The molecule has 0 saturated carbocycles. The number of nitrogens with zero attached hydrogens (tertiary/aromatic N) is 2. The lowest BCUT2D eigenvalue weighted by Gasteiger charge is -2.38. The molecule has 5 nitrogen and oxygen atoms in total. The molecule has 0 spiro atoms. The van der Waals surface area contributed by atoms with E-state index in [4.69, 9.17) is 0 Å². The third-order valence-corrected chi connectivity index (χ3v) is 3.46. The van der Waals surface area contributed by atoms with Gasteiger partial charge in [0.05, 0.1) is 0 Å². The maximum absolute atomic E-state index is 12.3. The number of ketones is 1. The predicted octanol–water partition coefficient (Wildman–Crippen LogP) is 0.936. The Morgan fingerprint density at radius 2 is 2.26 bits per heavy atom. The van der Waals surface area contributed by atoms with E-state index in [9.17, 15) is 9.59 Å². The average Bonchev–Trinajstić information content (AvgIpc) is 2.36. The van der Waals surface area contributed by atoms with Crippen LogP contribution in [0, 0.1) is 5.41 Å². The Kier molecular flexibility index (Phi) is 3.91. The Labute approximate surface area is 117 Å². The monoisotopic (exact) mass is 279 g/mol. The molecule has 19 heavy (non-hydrogen) atoms. The van der Waals surface area contributed by atoms with E-state index in [1.807, 2.05) is 13.8 Å². The number of piperidine rings is 1. The molecule has 102 valence electrons. The Morgan fingerprint density at radius 1 is 1.53 bits per heavy atom. The second kappa shape index (κ2) is 5.30. The van der Waals surface area contributed by atoms with E-state index in [-0.39, 0.29) is 11.7 Å². The highest BCUT2D eigenvalue weighted by Gasteiger charge is 2.40. The fourth-order valence-corrected chi connectivity index (χ4v) is 2.72. The fraction of sp³-hybridized carbons (Fsp3) is 0.462. The summed E-state index contributed by atoms with van der Waals surface area (Å²) in [5.74, 6) is -0.305. The summed E-state index contributed by atoms with van der Waals surface area (Å²) in [7, 11) is 0. The number of amides is 1. The smallest absolute Gasteiger partial charge is 0.270 e. The molecular formula is C13H17N3O2S. The summed E-state index contributed by atoms with van der Waals surface area (Å²) >= 11 is 4.30. The minimum Gasteiger partial charge on any atom is -0.340 e. The second-order valence-corrected chi connectivity index (χ2v) is 5.90. The van der Waals surface area contributed by atoms with Gasteiger partial charge in [0.1, 0.15) is 11.7 Å². The first-order valence-electron chi connectivity index (χ1n) is 6.10. The molecule has 1 amide bonds. The van der Waals surface area contributed by atoms with E-state index in [0.717, 1.165) is 0 Å². The summed E-state index contributed by atoms with van der Waals surface area (Å²) in [6.45, 7) is 4.70. The topological polar surface area (TPSA) is 62.3 Å². The maximum atomic E-state index is 12.3. The number of hydrogen-bond acceptors (Lipinski definition) is 5. The molecule has 0 aromatic carbocycles. The summed E-state index contributed by atoms with van der Waals surface area (Å²) in [4.78, 5) is 28.2. The Morgan fingerprint density at radius 3 is 2.89 bits per heavy atom. The van der Waals surface area contributed by atoms with Crippen molar-refractivity contribution in [2.24, 2.45) is 5.41 Å². The molecule has 1 atom stereocenters. The van der Waals surface area contributed by atoms with Gasteiger partial charge in [0, 0.05) is 24.7 Å². The Hall–Kier alpha value is -1.40. The maximum Gasteiger partial charge on any atom is 0.270 e. The van der Waals surface area contributed by atoms with Crippen molar-refractivity contribution < 1.29 is 9.59 Å². The molecule has 2 heterocycles. The van der Waals surface area contributed by atoms with Gasteiger partial charge in [-0.2, -0.15) is 0 Å². The van der Waals surface area contributed by atoms with Crippen LogP contribution in [0.2, 0.25) is 0 Å². The first kappa shape index (κ1) is 14.0. The predicted molar refractivity (Wildman–Crippen MR) is 74.8 cm³/mol. The lowest BCUT2D eigenvalue weighted by molar-refractivity contribution is -0.132. The normalized spacial score (nSPS) is 23.1.